The summed E-state index contributed by atoms with van der Waals surface area (Å²) in [6, 6.07) is 6.07. The first-order valence-corrected chi connectivity index (χ1v) is 6.73. The summed E-state index contributed by atoms with van der Waals surface area (Å²) in [6.07, 6.45) is 4.74. The van der Waals surface area contributed by atoms with E-state index in [1.807, 2.05) is 12.3 Å². The molecule has 5 heteroatoms. The van der Waals surface area contributed by atoms with Gasteiger partial charge in [-0.1, -0.05) is 19.4 Å². The van der Waals surface area contributed by atoms with Gasteiger partial charge in [0.05, 0.1) is 11.7 Å². The summed E-state index contributed by atoms with van der Waals surface area (Å²) in [5, 5.41) is 13.7. The predicted molar refractivity (Wildman–Crippen MR) is 76.1 cm³/mol. The Kier molecular flexibility index (Phi) is 4.78. The zero-order valence-corrected chi connectivity index (χ0v) is 11.2. The average molecular weight is 260 g/mol. The lowest BCUT2D eigenvalue weighted by Gasteiger charge is -2.07. The standard InChI is InChI=1S/C14H20N4O/c1-2-3-7-15-14(19)16-8-6-11-4-5-13-12(9-11)10-17-18-13/h4-5,9-10H,2-3,6-8H2,1H3,(H,17,18)(H2,15,16,19). The van der Waals surface area contributed by atoms with E-state index in [2.05, 4.69) is 39.9 Å². The summed E-state index contributed by atoms with van der Waals surface area (Å²) in [7, 11) is 0. The van der Waals surface area contributed by atoms with E-state index in [9.17, 15) is 4.79 Å². The summed E-state index contributed by atoms with van der Waals surface area (Å²) in [4.78, 5) is 11.4. The molecule has 0 fully saturated rings. The van der Waals surface area contributed by atoms with Gasteiger partial charge in [0.1, 0.15) is 0 Å². The fourth-order valence-electron chi connectivity index (χ4n) is 1.91. The summed E-state index contributed by atoms with van der Waals surface area (Å²) in [6.45, 7) is 3.48. The first-order valence-electron chi connectivity index (χ1n) is 6.73. The van der Waals surface area contributed by atoms with E-state index in [1.165, 1.54) is 5.56 Å². The van der Waals surface area contributed by atoms with Crippen molar-refractivity contribution in [1.82, 2.24) is 20.8 Å². The minimum absolute atomic E-state index is 0.0853. The van der Waals surface area contributed by atoms with Crippen LogP contribution in [0.5, 0.6) is 0 Å². The van der Waals surface area contributed by atoms with Crippen LogP contribution in [0.2, 0.25) is 0 Å². The quantitative estimate of drug-likeness (QED) is 0.697. The lowest BCUT2D eigenvalue weighted by Crippen LogP contribution is -2.37. The van der Waals surface area contributed by atoms with Crippen LogP contribution < -0.4 is 10.6 Å². The minimum Gasteiger partial charge on any atom is -0.338 e. The molecule has 5 nitrogen and oxygen atoms in total. The van der Waals surface area contributed by atoms with Gasteiger partial charge in [-0.15, -0.1) is 0 Å². The molecule has 2 rings (SSSR count). The number of hydrogen-bond acceptors (Lipinski definition) is 2. The number of hydrogen-bond donors (Lipinski definition) is 3. The molecule has 0 unspecified atom stereocenters. The number of carbonyl (C=O) groups excluding carboxylic acids is 1. The maximum absolute atomic E-state index is 11.4. The molecular weight excluding hydrogens is 240 g/mol. The van der Waals surface area contributed by atoms with Crippen LogP contribution in [0.3, 0.4) is 0 Å². The Balaban J connectivity index is 1.74. The lowest BCUT2D eigenvalue weighted by atomic mass is 10.1. The SMILES string of the molecule is CCCCNC(=O)NCCc1ccc2[nH]ncc2c1. The Morgan fingerprint density at radius 2 is 2.16 bits per heavy atom. The van der Waals surface area contributed by atoms with E-state index in [0.717, 1.165) is 36.7 Å². The molecule has 1 aromatic heterocycles. The highest BCUT2D eigenvalue weighted by molar-refractivity contribution is 5.78. The number of unbranched alkanes of at least 4 members (excludes halogenated alkanes) is 1. The van der Waals surface area contributed by atoms with Crippen LogP contribution in [0.25, 0.3) is 10.9 Å². The molecule has 2 aromatic rings. The number of urea groups is 1. The maximum atomic E-state index is 11.4. The van der Waals surface area contributed by atoms with Gasteiger partial charge in [0.15, 0.2) is 0 Å². The van der Waals surface area contributed by atoms with Crippen molar-refractivity contribution in [3.63, 3.8) is 0 Å². The second kappa shape index (κ2) is 6.78. The van der Waals surface area contributed by atoms with Crippen LogP contribution in [0, 0.1) is 0 Å². The van der Waals surface area contributed by atoms with Crippen molar-refractivity contribution in [3.05, 3.63) is 30.0 Å². The smallest absolute Gasteiger partial charge is 0.314 e. The number of rotatable bonds is 6. The van der Waals surface area contributed by atoms with Gasteiger partial charge in [0.25, 0.3) is 0 Å². The fraction of sp³-hybridized carbons (Fsp3) is 0.429. The number of benzene rings is 1. The van der Waals surface area contributed by atoms with Gasteiger partial charge in [-0.3, -0.25) is 5.10 Å². The van der Waals surface area contributed by atoms with Crippen LogP contribution >= 0.6 is 0 Å². The highest BCUT2D eigenvalue weighted by Crippen LogP contribution is 2.12. The number of amides is 2. The van der Waals surface area contributed by atoms with Crippen molar-refractivity contribution >= 4 is 16.9 Å². The van der Waals surface area contributed by atoms with Crippen molar-refractivity contribution in [2.24, 2.45) is 0 Å². The third-order valence-corrected chi connectivity index (χ3v) is 3.02. The van der Waals surface area contributed by atoms with Crippen molar-refractivity contribution in [3.8, 4) is 0 Å². The Labute approximate surface area is 112 Å². The number of nitrogens with zero attached hydrogens (tertiary/aromatic N) is 1. The van der Waals surface area contributed by atoms with E-state index in [1.54, 1.807) is 0 Å². The summed E-state index contributed by atoms with van der Waals surface area (Å²) < 4.78 is 0. The van der Waals surface area contributed by atoms with Crippen LogP contribution in [0.15, 0.2) is 24.4 Å². The molecule has 0 spiro atoms. The van der Waals surface area contributed by atoms with Crippen molar-refractivity contribution < 1.29 is 4.79 Å². The Bertz CT molecular complexity index is 535. The summed E-state index contributed by atoms with van der Waals surface area (Å²) in [5.41, 5.74) is 2.23. The van der Waals surface area contributed by atoms with Crippen LogP contribution in [-0.4, -0.2) is 29.3 Å². The third kappa shape index (κ3) is 3.98. The monoisotopic (exact) mass is 260 g/mol. The predicted octanol–water partition coefficient (Wildman–Crippen LogP) is 2.20. The largest absolute Gasteiger partial charge is 0.338 e. The highest BCUT2D eigenvalue weighted by atomic mass is 16.2. The van der Waals surface area contributed by atoms with Gasteiger partial charge in [-0.25, -0.2) is 4.79 Å². The van der Waals surface area contributed by atoms with E-state index < -0.39 is 0 Å². The molecule has 3 N–H and O–H groups in total. The molecule has 1 heterocycles. The van der Waals surface area contributed by atoms with Crippen molar-refractivity contribution in [2.75, 3.05) is 13.1 Å². The molecule has 0 aliphatic rings. The molecule has 2 amide bonds. The van der Waals surface area contributed by atoms with Gasteiger partial charge in [0.2, 0.25) is 0 Å². The molecule has 0 saturated heterocycles. The second-order valence-electron chi connectivity index (χ2n) is 4.58. The van der Waals surface area contributed by atoms with E-state index in [0.29, 0.717) is 6.54 Å². The van der Waals surface area contributed by atoms with Crippen LogP contribution in [-0.2, 0) is 6.42 Å². The number of fused-ring (bicyclic) bond motifs is 1. The Hall–Kier alpha value is -2.04. The molecule has 0 radical (unpaired) electrons. The van der Waals surface area contributed by atoms with Gasteiger partial charge in [-0.05, 0) is 30.5 Å². The minimum atomic E-state index is -0.0853. The van der Waals surface area contributed by atoms with E-state index in [4.69, 9.17) is 0 Å². The Morgan fingerprint density at radius 3 is 3.00 bits per heavy atom. The molecule has 0 aliphatic heterocycles. The summed E-state index contributed by atoms with van der Waals surface area (Å²) >= 11 is 0. The molecule has 102 valence electrons. The Morgan fingerprint density at radius 1 is 1.32 bits per heavy atom. The number of aromatic amines is 1. The molecule has 0 aliphatic carbocycles. The molecule has 0 atom stereocenters. The topological polar surface area (TPSA) is 69.8 Å². The van der Waals surface area contributed by atoms with Crippen molar-refractivity contribution in [1.29, 1.82) is 0 Å². The van der Waals surface area contributed by atoms with Crippen LogP contribution in [0.1, 0.15) is 25.3 Å². The van der Waals surface area contributed by atoms with Gasteiger partial charge in [-0.2, -0.15) is 5.10 Å². The number of aromatic nitrogens is 2. The van der Waals surface area contributed by atoms with Gasteiger partial charge >= 0.3 is 6.03 Å². The maximum Gasteiger partial charge on any atom is 0.314 e. The molecule has 0 saturated carbocycles. The molecule has 19 heavy (non-hydrogen) atoms. The molecule has 1 aromatic carbocycles. The first kappa shape index (κ1) is 13.4. The number of carbonyl (C=O) groups is 1. The van der Waals surface area contributed by atoms with E-state index in [-0.39, 0.29) is 6.03 Å². The average Bonchev–Trinajstić information content (AvgIpc) is 2.86. The van der Waals surface area contributed by atoms with E-state index >= 15 is 0 Å². The lowest BCUT2D eigenvalue weighted by molar-refractivity contribution is 0.241. The van der Waals surface area contributed by atoms with Gasteiger partial charge < -0.3 is 10.6 Å². The molecule has 0 bridgehead atoms. The summed E-state index contributed by atoms with van der Waals surface area (Å²) in [5.74, 6) is 0. The van der Waals surface area contributed by atoms with Crippen molar-refractivity contribution in [2.45, 2.75) is 26.2 Å². The molecular formula is C14H20N4O. The van der Waals surface area contributed by atoms with Gasteiger partial charge in [0, 0.05) is 18.5 Å². The zero-order valence-electron chi connectivity index (χ0n) is 11.2. The number of nitrogens with one attached hydrogen (secondary N) is 3. The van der Waals surface area contributed by atoms with Crippen LogP contribution in [0.4, 0.5) is 4.79 Å². The zero-order chi connectivity index (χ0) is 13.5. The second-order valence-corrected chi connectivity index (χ2v) is 4.58. The fourth-order valence-corrected chi connectivity index (χ4v) is 1.91. The first-order chi connectivity index (χ1) is 9.29. The third-order valence-electron chi connectivity index (χ3n) is 3.02. The number of H-pyrrole nitrogens is 1. The highest BCUT2D eigenvalue weighted by Gasteiger charge is 2.00. The normalized spacial score (nSPS) is 10.6.